The van der Waals surface area contributed by atoms with Crippen molar-refractivity contribution < 1.29 is 23.9 Å². The monoisotopic (exact) mass is 693 g/mol. The molecule has 12 nitrogen and oxygen atoms in total. The van der Waals surface area contributed by atoms with Crippen LogP contribution in [-0.4, -0.2) is 123 Å². The number of likely N-dealkylation sites (N-methyl/N-ethyl adjacent to an activating group) is 3. The lowest BCUT2D eigenvalue weighted by Crippen LogP contribution is -2.45. The Morgan fingerprint density at radius 1 is 0.902 bits per heavy atom. The number of rotatable bonds is 11. The van der Waals surface area contributed by atoms with Crippen LogP contribution in [0.1, 0.15) is 32.0 Å². The first-order valence-electron chi connectivity index (χ1n) is 17.2. The number of amides is 3. The van der Waals surface area contributed by atoms with Crippen LogP contribution in [0.2, 0.25) is 0 Å². The fourth-order valence-corrected chi connectivity index (χ4v) is 6.46. The molecule has 1 saturated heterocycles. The number of ether oxygens (including phenoxy) is 2. The zero-order valence-corrected chi connectivity index (χ0v) is 30.3. The van der Waals surface area contributed by atoms with E-state index >= 15 is 0 Å². The quantitative estimate of drug-likeness (QED) is 0.209. The number of methoxy groups -OCH3 is 1. The molecular formula is C39H47N7O5. The van der Waals surface area contributed by atoms with Crippen molar-refractivity contribution in [2.24, 2.45) is 0 Å². The Bertz CT molecular complexity index is 1960. The van der Waals surface area contributed by atoms with E-state index < -0.39 is 6.03 Å². The van der Waals surface area contributed by atoms with Crippen molar-refractivity contribution in [3.63, 3.8) is 0 Å². The third-order valence-electron chi connectivity index (χ3n) is 9.64. The SMILES string of the molecule is COc1ccc2c(c1)c(/C=C1\Oc3ccc(NC(=O)Nc4ccc(C(=O)N(C)CCN(C)C)cc4)cc3C1=O)c(C)n2CCN1CCN(C)CC1. The summed E-state index contributed by atoms with van der Waals surface area (Å²) in [6.07, 6.45) is 1.82. The van der Waals surface area contributed by atoms with E-state index in [2.05, 4.69) is 45.0 Å². The highest BCUT2D eigenvalue weighted by molar-refractivity contribution is 6.16. The van der Waals surface area contributed by atoms with E-state index in [1.54, 1.807) is 61.5 Å². The fourth-order valence-electron chi connectivity index (χ4n) is 6.46. The van der Waals surface area contributed by atoms with E-state index in [-0.39, 0.29) is 17.4 Å². The first kappa shape index (κ1) is 35.6. The number of Topliss-reactive ketones (excluding diaryl/α,β-unsaturated/α-hetero) is 1. The normalized spacial score (nSPS) is 15.7. The van der Waals surface area contributed by atoms with Crippen LogP contribution in [0, 0.1) is 6.92 Å². The third kappa shape index (κ3) is 8.09. The summed E-state index contributed by atoms with van der Waals surface area (Å²) < 4.78 is 13.9. The van der Waals surface area contributed by atoms with Crippen molar-refractivity contribution in [3.8, 4) is 11.5 Å². The molecule has 3 amide bonds. The van der Waals surface area contributed by atoms with Crippen molar-refractivity contribution in [2.75, 3.05) is 91.7 Å². The van der Waals surface area contributed by atoms with Crippen molar-refractivity contribution >= 4 is 46.1 Å². The van der Waals surface area contributed by atoms with Gasteiger partial charge in [-0.15, -0.1) is 0 Å². The van der Waals surface area contributed by atoms with Gasteiger partial charge < -0.3 is 39.4 Å². The van der Waals surface area contributed by atoms with Gasteiger partial charge in [-0.1, -0.05) is 0 Å². The molecule has 3 heterocycles. The van der Waals surface area contributed by atoms with Gasteiger partial charge in [0.15, 0.2) is 5.76 Å². The first-order valence-corrected chi connectivity index (χ1v) is 17.2. The van der Waals surface area contributed by atoms with Crippen LogP contribution >= 0.6 is 0 Å². The van der Waals surface area contributed by atoms with Crippen LogP contribution in [0.4, 0.5) is 16.2 Å². The predicted octanol–water partition coefficient (Wildman–Crippen LogP) is 5.10. The molecular weight excluding hydrogens is 646 g/mol. The van der Waals surface area contributed by atoms with Crippen molar-refractivity contribution in [1.82, 2.24) is 24.2 Å². The van der Waals surface area contributed by atoms with Gasteiger partial charge >= 0.3 is 6.03 Å². The van der Waals surface area contributed by atoms with E-state index in [0.717, 1.165) is 73.7 Å². The van der Waals surface area contributed by atoms with Crippen LogP contribution in [0.3, 0.4) is 0 Å². The molecule has 0 unspecified atom stereocenters. The Kier molecular flexibility index (Phi) is 10.8. The van der Waals surface area contributed by atoms with E-state index in [1.165, 1.54) is 0 Å². The van der Waals surface area contributed by atoms with E-state index in [9.17, 15) is 14.4 Å². The van der Waals surface area contributed by atoms with Gasteiger partial charge in [0.1, 0.15) is 11.5 Å². The van der Waals surface area contributed by atoms with Crippen molar-refractivity contribution in [1.29, 1.82) is 0 Å². The lowest BCUT2D eigenvalue weighted by Gasteiger charge is -2.32. The number of benzene rings is 3. The van der Waals surface area contributed by atoms with Gasteiger partial charge in [-0.05, 0) is 94.8 Å². The zero-order valence-electron chi connectivity index (χ0n) is 30.3. The standard InChI is InChI=1S/C39H47N7O5/c1-26-31(32-24-30(50-6)12-13-34(32)46(26)22-21-45-19-16-43(4)17-20-45)25-36-37(47)33-23-29(11-14-35(33)51-36)41-39(49)40-28-9-7-27(8-10-28)38(48)44(5)18-15-42(2)3/h7-14,23-25H,15-22H2,1-6H3,(H2,40,41,49)/b36-25-. The summed E-state index contributed by atoms with van der Waals surface area (Å²) in [7, 11) is 9.50. The van der Waals surface area contributed by atoms with Gasteiger partial charge in [-0.2, -0.15) is 0 Å². The molecule has 51 heavy (non-hydrogen) atoms. The molecule has 0 aliphatic carbocycles. The van der Waals surface area contributed by atoms with Gasteiger partial charge in [0.05, 0.1) is 12.7 Å². The highest BCUT2D eigenvalue weighted by Gasteiger charge is 2.29. The second kappa shape index (κ2) is 15.4. The maximum absolute atomic E-state index is 13.7. The van der Waals surface area contributed by atoms with Crippen molar-refractivity contribution in [3.05, 3.63) is 88.8 Å². The second-order valence-electron chi connectivity index (χ2n) is 13.5. The lowest BCUT2D eigenvalue weighted by molar-refractivity contribution is 0.0786. The smallest absolute Gasteiger partial charge is 0.323 e. The number of carbonyl (C=O) groups excluding carboxylic acids is 3. The fraction of sp³-hybridized carbons (Fsp3) is 0.359. The van der Waals surface area contributed by atoms with E-state index in [0.29, 0.717) is 34.8 Å². The summed E-state index contributed by atoms with van der Waals surface area (Å²) in [5, 5.41) is 6.57. The molecule has 268 valence electrons. The summed E-state index contributed by atoms with van der Waals surface area (Å²) in [5.74, 6) is 1.04. The summed E-state index contributed by atoms with van der Waals surface area (Å²) in [5.41, 5.74) is 4.90. The number of nitrogens with one attached hydrogen (secondary N) is 2. The number of piperazine rings is 1. The molecule has 0 bridgehead atoms. The molecule has 6 rings (SSSR count). The number of carbonyl (C=O) groups is 3. The van der Waals surface area contributed by atoms with Crippen LogP contribution in [0.5, 0.6) is 11.5 Å². The number of ketones is 1. The zero-order chi connectivity index (χ0) is 36.2. The minimum atomic E-state index is -0.479. The molecule has 0 radical (unpaired) electrons. The second-order valence-corrected chi connectivity index (χ2v) is 13.5. The Morgan fingerprint density at radius 2 is 1.61 bits per heavy atom. The Labute approximate surface area is 299 Å². The van der Waals surface area contributed by atoms with Crippen LogP contribution < -0.4 is 20.1 Å². The molecule has 2 N–H and O–H groups in total. The Hall–Kier alpha value is -5.17. The van der Waals surface area contributed by atoms with Gasteiger partial charge in [0.25, 0.3) is 5.91 Å². The van der Waals surface area contributed by atoms with E-state index in [1.807, 2.05) is 37.2 Å². The number of nitrogens with zero attached hydrogens (tertiary/aromatic N) is 5. The van der Waals surface area contributed by atoms with E-state index in [4.69, 9.17) is 9.47 Å². The molecule has 2 aliphatic rings. The highest BCUT2D eigenvalue weighted by atomic mass is 16.5. The number of allylic oxidation sites excluding steroid dienone is 1. The van der Waals surface area contributed by atoms with Crippen LogP contribution in [-0.2, 0) is 6.54 Å². The highest BCUT2D eigenvalue weighted by Crippen LogP contribution is 2.37. The molecule has 4 aromatic rings. The van der Waals surface area contributed by atoms with Gasteiger partial charge in [-0.3, -0.25) is 14.5 Å². The summed E-state index contributed by atoms with van der Waals surface area (Å²) in [4.78, 5) is 47.8. The Morgan fingerprint density at radius 3 is 2.31 bits per heavy atom. The third-order valence-corrected chi connectivity index (χ3v) is 9.64. The molecule has 0 spiro atoms. The molecule has 1 fully saturated rings. The summed E-state index contributed by atoms with van der Waals surface area (Å²) in [6.45, 7) is 9.42. The first-order chi connectivity index (χ1) is 24.5. The van der Waals surface area contributed by atoms with Gasteiger partial charge in [-0.25, -0.2) is 4.79 Å². The number of aromatic nitrogens is 1. The number of anilines is 2. The number of hydrogen-bond donors (Lipinski definition) is 2. The summed E-state index contributed by atoms with van der Waals surface area (Å²) in [6, 6.07) is 17.3. The van der Waals surface area contributed by atoms with Crippen LogP contribution in [0.25, 0.3) is 17.0 Å². The number of fused-ring (bicyclic) bond motifs is 2. The molecule has 2 aliphatic heterocycles. The average Bonchev–Trinajstić information content (AvgIpc) is 3.57. The Balaban J connectivity index is 1.14. The molecule has 0 saturated carbocycles. The lowest BCUT2D eigenvalue weighted by atomic mass is 10.1. The minimum Gasteiger partial charge on any atom is -0.497 e. The number of hydrogen-bond acceptors (Lipinski definition) is 8. The molecule has 3 aromatic carbocycles. The maximum atomic E-state index is 13.7. The molecule has 12 heteroatoms. The number of urea groups is 1. The van der Waals surface area contributed by atoms with Crippen molar-refractivity contribution in [2.45, 2.75) is 13.5 Å². The van der Waals surface area contributed by atoms with Crippen LogP contribution in [0.15, 0.2) is 66.4 Å². The largest absolute Gasteiger partial charge is 0.497 e. The minimum absolute atomic E-state index is 0.0897. The maximum Gasteiger partial charge on any atom is 0.323 e. The van der Waals surface area contributed by atoms with Gasteiger partial charge in [0.2, 0.25) is 5.78 Å². The summed E-state index contributed by atoms with van der Waals surface area (Å²) >= 11 is 0. The predicted molar refractivity (Wildman–Crippen MR) is 201 cm³/mol. The molecule has 1 aromatic heterocycles. The molecule has 0 atom stereocenters. The average molecular weight is 694 g/mol. The topological polar surface area (TPSA) is 112 Å². The van der Waals surface area contributed by atoms with Gasteiger partial charge in [0, 0.05) is 98.5 Å².